The van der Waals surface area contributed by atoms with Gasteiger partial charge in [-0.15, -0.1) is 0 Å². The van der Waals surface area contributed by atoms with Crippen molar-refractivity contribution in [2.24, 2.45) is 0 Å². The molecule has 0 saturated heterocycles. The molecule has 0 spiro atoms. The molecule has 0 aliphatic rings. The minimum atomic E-state index is -3.69. The lowest BCUT2D eigenvalue weighted by atomic mass is 10.1. The van der Waals surface area contributed by atoms with Crippen LogP contribution in [0.15, 0.2) is 102 Å². The fourth-order valence-corrected chi connectivity index (χ4v) is 5.26. The van der Waals surface area contributed by atoms with Gasteiger partial charge in [-0.3, -0.25) is 9.52 Å². The molecular formula is C27H23N3O3S. The Bertz CT molecular complexity index is 1610. The average Bonchev–Trinajstić information content (AvgIpc) is 3.18. The van der Waals surface area contributed by atoms with Gasteiger partial charge in [-0.25, -0.2) is 8.42 Å². The molecule has 0 saturated carbocycles. The van der Waals surface area contributed by atoms with Crippen LogP contribution in [0, 0.1) is 0 Å². The minimum Gasteiger partial charge on any atom is -0.341 e. The molecule has 4 aromatic carbocycles. The maximum Gasteiger partial charge on any atom is 0.261 e. The number of carbonyl (C=O) groups excluding carboxylic acids is 1. The highest BCUT2D eigenvalue weighted by molar-refractivity contribution is 7.92. The van der Waals surface area contributed by atoms with Gasteiger partial charge < -0.3 is 9.88 Å². The number of hydrogen-bond donors (Lipinski definition) is 2. The molecule has 5 rings (SSSR count). The largest absolute Gasteiger partial charge is 0.341 e. The lowest BCUT2D eigenvalue weighted by molar-refractivity contribution is 0.102. The first kappa shape index (κ1) is 21.7. The SMILES string of the molecule is CCn1c2ccccc2c2cc(NC(=O)c3ccc(NS(=O)(=O)c4ccccc4)cc3)ccc21. The zero-order valence-corrected chi connectivity index (χ0v) is 19.3. The third-order valence-corrected chi connectivity index (χ3v) is 7.20. The smallest absolute Gasteiger partial charge is 0.261 e. The summed E-state index contributed by atoms with van der Waals surface area (Å²) < 4.78 is 29.8. The van der Waals surface area contributed by atoms with E-state index in [0.29, 0.717) is 16.9 Å². The summed E-state index contributed by atoms with van der Waals surface area (Å²) in [5.74, 6) is -0.268. The summed E-state index contributed by atoms with van der Waals surface area (Å²) in [6, 6.07) is 28.6. The van der Waals surface area contributed by atoms with Gasteiger partial charge in [-0.2, -0.15) is 0 Å². The van der Waals surface area contributed by atoms with E-state index in [2.05, 4.69) is 33.7 Å². The lowest BCUT2D eigenvalue weighted by Crippen LogP contribution is -2.14. The third-order valence-electron chi connectivity index (χ3n) is 5.80. The van der Waals surface area contributed by atoms with Crippen molar-refractivity contribution in [2.45, 2.75) is 18.4 Å². The highest BCUT2D eigenvalue weighted by Gasteiger charge is 2.15. The van der Waals surface area contributed by atoms with Crippen molar-refractivity contribution in [1.29, 1.82) is 0 Å². The Morgan fingerprint density at radius 1 is 0.765 bits per heavy atom. The molecule has 6 nitrogen and oxygen atoms in total. The second-order valence-corrected chi connectivity index (χ2v) is 9.63. The molecule has 1 heterocycles. The third kappa shape index (κ3) is 4.02. The van der Waals surface area contributed by atoms with Gasteiger partial charge in [0.15, 0.2) is 0 Å². The average molecular weight is 470 g/mol. The van der Waals surface area contributed by atoms with E-state index in [1.807, 2.05) is 30.3 Å². The Kier molecular flexibility index (Phi) is 5.55. The number of hydrogen-bond acceptors (Lipinski definition) is 3. The van der Waals surface area contributed by atoms with Gasteiger partial charge >= 0.3 is 0 Å². The molecule has 0 bridgehead atoms. The Morgan fingerprint density at radius 3 is 2.15 bits per heavy atom. The monoisotopic (exact) mass is 469 g/mol. The van der Waals surface area contributed by atoms with Crippen LogP contribution in [0.3, 0.4) is 0 Å². The summed E-state index contributed by atoms with van der Waals surface area (Å²) in [5.41, 5.74) is 3.80. The maximum atomic E-state index is 12.8. The van der Waals surface area contributed by atoms with E-state index in [-0.39, 0.29) is 10.8 Å². The Morgan fingerprint density at radius 2 is 1.41 bits per heavy atom. The lowest BCUT2D eigenvalue weighted by Gasteiger charge is -2.10. The van der Waals surface area contributed by atoms with Crippen LogP contribution in [-0.4, -0.2) is 18.9 Å². The molecule has 0 atom stereocenters. The van der Waals surface area contributed by atoms with Crippen molar-refractivity contribution >= 4 is 49.1 Å². The van der Waals surface area contributed by atoms with E-state index >= 15 is 0 Å². The summed E-state index contributed by atoms with van der Waals surface area (Å²) >= 11 is 0. The van der Waals surface area contributed by atoms with Gasteiger partial charge in [0.05, 0.1) is 4.90 Å². The quantitative estimate of drug-likeness (QED) is 0.326. The van der Waals surface area contributed by atoms with Crippen LogP contribution in [0.1, 0.15) is 17.3 Å². The summed E-state index contributed by atoms with van der Waals surface area (Å²) in [7, 11) is -3.69. The number of para-hydroxylation sites is 1. The van der Waals surface area contributed by atoms with E-state index in [4.69, 9.17) is 0 Å². The van der Waals surface area contributed by atoms with Crippen molar-refractivity contribution in [2.75, 3.05) is 10.0 Å². The van der Waals surface area contributed by atoms with E-state index in [1.54, 1.807) is 42.5 Å². The van der Waals surface area contributed by atoms with Gasteiger partial charge in [0, 0.05) is 45.3 Å². The molecule has 170 valence electrons. The number of benzene rings is 4. The highest BCUT2D eigenvalue weighted by Crippen LogP contribution is 2.31. The number of fused-ring (bicyclic) bond motifs is 3. The van der Waals surface area contributed by atoms with Gasteiger partial charge in [0.25, 0.3) is 15.9 Å². The first-order valence-electron chi connectivity index (χ1n) is 11.0. The summed E-state index contributed by atoms with van der Waals surface area (Å²) in [6.45, 7) is 2.97. The highest BCUT2D eigenvalue weighted by atomic mass is 32.2. The maximum absolute atomic E-state index is 12.8. The number of nitrogens with zero attached hydrogens (tertiary/aromatic N) is 1. The number of aromatic nitrogens is 1. The molecule has 0 fully saturated rings. The van der Waals surface area contributed by atoms with E-state index in [9.17, 15) is 13.2 Å². The summed E-state index contributed by atoms with van der Waals surface area (Å²) in [4.78, 5) is 13.0. The van der Waals surface area contributed by atoms with Crippen LogP contribution < -0.4 is 10.0 Å². The van der Waals surface area contributed by atoms with Crippen LogP contribution in [0.4, 0.5) is 11.4 Å². The zero-order chi connectivity index (χ0) is 23.7. The fraction of sp³-hybridized carbons (Fsp3) is 0.0741. The topological polar surface area (TPSA) is 80.2 Å². The molecule has 1 amide bonds. The fourth-order valence-electron chi connectivity index (χ4n) is 4.18. The number of nitrogens with one attached hydrogen (secondary N) is 2. The number of carbonyl (C=O) groups is 1. The van der Waals surface area contributed by atoms with Crippen LogP contribution in [0.25, 0.3) is 21.8 Å². The molecule has 34 heavy (non-hydrogen) atoms. The molecule has 0 radical (unpaired) electrons. The van der Waals surface area contributed by atoms with Gasteiger partial charge in [0.1, 0.15) is 0 Å². The second kappa shape index (κ2) is 8.68. The van der Waals surface area contributed by atoms with Crippen molar-refractivity contribution in [1.82, 2.24) is 4.57 Å². The molecule has 2 N–H and O–H groups in total. The van der Waals surface area contributed by atoms with Crippen LogP contribution in [0.2, 0.25) is 0 Å². The normalized spacial score (nSPS) is 11.6. The number of rotatable bonds is 6. The van der Waals surface area contributed by atoms with E-state index in [0.717, 1.165) is 28.4 Å². The van der Waals surface area contributed by atoms with Crippen LogP contribution >= 0.6 is 0 Å². The molecular weight excluding hydrogens is 446 g/mol. The number of aryl methyl sites for hydroxylation is 1. The minimum absolute atomic E-state index is 0.177. The van der Waals surface area contributed by atoms with E-state index < -0.39 is 10.0 Å². The molecule has 1 aromatic heterocycles. The van der Waals surface area contributed by atoms with Crippen molar-refractivity contribution in [3.8, 4) is 0 Å². The standard InChI is InChI=1S/C27H23N3O3S/c1-2-30-25-11-7-6-10-23(25)24-18-21(16-17-26(24)30)28-27(31)19-12-14-20(15-13-19)29-34(32,33)22-8-4-3-5-9-22/h3-18,29H,2H2,1H3,(H,28,31). The van der Waals surface area contributed by atoms with E-state index in [1.165, 1.54) is 12.1 Å². The first-order chi connectivity index (χ1) is 16.5. The van der Waals surface area contributed by atoms with Crippen molar-refractivity contribution < 1.29 is 13.2 Å². The second-order valence-electron chi connectivity index (χ2n) is 7.94. The number of sulfonamides is 1. The Balaban J connectivity index is 1.36. The number of amides is 1. The van der Waals surface area contributed by atoms with Gasteiger partial charge in [0.2, 0.25) is 0 Å². The molecule has 0 aliphatic carbocycles. The Hall–Kier alpha value is -4.10. The zero-order valence-electron chi connectivity index (χ0n) is 18.5. The van der Waals surface area contributed by atoms with Crippen LogP contribution in [0.5, 0.6) is 0 Å². The molecule has 5 aromatic rings. The first-order valence-corrected chi connectivity index (χ1v) is 12.4. The predicted octanol–water partition coefficient (Wildman–Crippen LogP) is 5.87. The van der Waals surface area contributed by atoms with Crippen molar-refractivity contribution in [3.05, 3.63) is 103 Å². The molecule has 7 heteroatoms. The van der Waals surface area contributed by atoms with Crippen LogP contribution in [-0.2, 0) is 16.6 Å². The van der Waals surface area contributed by atoms with Crippen molar-refractivity contribution in [3.63, 3.8) is 0 Å². The Labute approximate surface area is 197 Å². The predicted molar refractivity (Wildman–Crippen MR) is 137 cm³/mol. The molecule has 0 aliphatic heterocycles. The molecule has 0 unspecified atom stereocenters. The summed E-state index contributed by atoms with van der Waals surface area (Å²) in [6.07, 6.45) is 0. The van der Waals surface area contributed by atoms with Gasteiger partial charge in [-0.05, 0) is 67.6 Å². The summed E-state index contributed by atoms with van der Waals surface area (Å²) in [5, 5.41) is 5.18. The number of anilines is 2. The van der Waals surface area contributed by atoms with Gasteiger partial charge in [-0.1, -0.05) is 36.4 Å².